The summed E-state index contributed by atoms with van der Waals surface area (Å²) in [7, 11) is 3.47. The van der Waals surface area contributed by atoms with Crippen molar-refractivity contribution in [2.24, 2.45) is 0 Å². The topological polar surface area (TPSA) is 18.5 Å². The summed E-state index contributed by atoms with van der Waals surface area (Å²) < 4.78 is 11.0. The number of ether oxygens (including phenoxy) is 2. The minimum Gasteiger partial charge on any atom is -0.496 e. The Labute approximate surface area is 118 Å². The number of methoxy groups -OCH3 is 2. The van der Waals surface area contributed by atoms with Crippen LogP contribution in [-0.4, -0.2) is 19.0 Å². The zero-order chi connectivity index (χ0) is 13.0. The van der Waals surface area contributed by atoms with Crippen molar-refractivity contribution in [2.45, 2.75) is 42.8 Å². The Bertz CT molecular complexity index is 370. The molecule has 1 fully saturated rings. The summed E-state index contributed by atoms with van der Waals surface area (Å²) in [4.78, 5) is 0.611. The molecule has 1 saturated carbocycles. The van der Waals surface area contributed by atoms with Crippen molar-refractivity contribution in [3.63, 3.8) is 0 Å². The van der Waals surface area contributed by atoms with Crippen molar-refractivity contribution >= 4 is 15.9 Å². The summed E-state index contributed by atoms with van der Waals surface area (Å²) in [5, 5.41) is 0. The standard InChI is InChI=1S/C15H21BrO2/c1-17-13-8-5-9-14(18-2)15(13)11-6-3-4-7-12(16)10-11/h5,8-9,11-12H,3-4,6-7,10H2,1-2H3. The Morgan fingerprint density at radius 3 is 2.28 bits per heavy atom. The quantitative estimate of drug-likeness (QED) is 0.603. The van der Waals surface area contributed by atoms with Crippen molar-refractivity contribution in [1.82, 2.24) is 0 Å². The molecule has 2 atom stereocenters. The molecule has 0 saturated heterocycles. The molecule has 0 N–H and O–H groups in total. The van der Waals surface area contributed by atoms with Crippen LogP contribution in [0.4, 0.5) is 0 Å². The van der Waals surface area contributed by atoms with Gasteiger partial charge in [-0.1, -0.05) is 34.8 Å². The van der Waals surface area contributed by atoms with Crippen LogP contribution in [0.5, 0.6) is 11.5 Å². The lowest BCUT2D eigenvalue weighted by Gasteiger charge is -2.22. The van der Waals surface area contributed by atoms with E-state index < -0.39 is 0 Å². The summed E-state index contributed by atoms with van der Waals surface area (Å²) in [5.74, 6) is 2.45. The Hall–Kier alpha value is -0.700. The summed E-state index contributed by atoms with van der Waals surface area (Å²) >= 11 is 3.79. The maximum atomic E-state index is 5.52. The smallest absolute Gasteiger partial charge is 0.126 e. The summed E-state index contributed by atoms with van der Waals surface area (Å²) in [6, 6.07) is 6.06. The number of rotatable bonds is 3. The average molecular weight is 313 g/mol. The highest BCUT2D eigenvalue weighted by Gasteiger charge is 2.25. The van der Waals surface area contributed by atoms with E-state index in [0.717, 1.165) is 17.9 Å². The van der Waals surface area contributed by atoms with Gasteiger partial charge in [-0.25, -0.2) is 0 Å². The fraction of sp³-hybridized carbons (Fsp3) is 0.600. The van der Waals surface area contributed by atoms with Gasteiger partial charge in [0.25, 0.3) is 0 Å². The summed E-state index contributed by atoms with van der Waals surface area (Å²) in [5.41, 5.74) is 1.24. The highest BCUT2D eigenvalue weighted by Crippen LogP contribution is 2.43. The molecule has 1 aliphatic rings. The van der Waals surface area contributed by atoms with Crippen molar-refractivity contribution in [3.05, 3.63) is 23.8 Å². The van der Waals surface area contributed by atoms with E-state index in [2.05, 4.69) is 15.9 Å². The van der Waals surface area contributed by atoms with Crippen LogP contribution in [0, 0.1) is 0 Å². The normalized spacial score (nSPS) is 24.4. The van der Waals surface area contributed by atoms with Gasteiger partial charge < -0.3 is 9.47 Å². The molecular weight excluding hydrogens is 292 g/mol. The lowest BCUT2D eigenvalue weighted by atomic mass is 9.90. The van der Waals surface area contributed by atoms with Gasteiger partial charge >= 0.3 is 0 Å². The molecule has 2 unspecified atom stereocenters. The maximum absolute atomic E-state index is 5.52. The van der Waals surface area contributed by atoms with Crippen molar-refractivity contribution < 1.29 is 9.47 Å². The largest absolute Gasteiger partial charge is 0.496 e. The van der Waals surface area contributed by atoms with Crippen LogP contribution in [0.25, 0.3) is 0 Å². The van der Waals surface area contributed by atoms with Gasteiger partial charge in [0.1, 0.15) is 11.5 Å². The molecular formula is C15H21BrO2. The Morgan fingerprint density at radius 2 is 1.67 bits per heavy atom. The lowest BCUT2D eigenvalue weighted by molar-refractivity contribution is 0.374. The van der Waals surface area contributed by atoms with Crippen molar-refractivity contribution in [1.29, 1.82) is 0 Å². The second-order valence-corrected chi connectivity index (χ2v) is 6.19. The first-order valence-electron chi connectivity index (χ1n) is 6.61. The van der Waals surface area contributed by atoms with E-state index >= 15 is 0 Å². The molecule has 1 aromatic carbocycles. The predicted molar refractivity (Wildman–Crippen MR) is 78.1 cm³/mol. The van der Waals surface area contributed by atoms with Crippen molar-refractivity contribution in [2.75, 3.05) is 14.2 Å². The molecule has 2 nitrogen and oxygen atoms in total. The van der Waals surface area contributed by atoms with Gasteiger partial charge in [0.15, 0.2) is 0 Å². The lowest BCUT2D eigenvalue weighted by Crippen LogP contribution is -2.07. The summed E-state index contributed by atoms with van der Waals surface area (Å²) in [6.07, 6.45) is 6.25. The number of benzene rings is 1. The molecule has 0 aromatic heterocycles. The van der Waals surface area contributed by atoms with Gasteiger partial charge in [0.05, 0.1) is 14.2 Å². The van der Waals surface area contributed by atoms with E-state index in [1.54, 1.807) is 14.2 Å². The first kappa shape index (κ1) is 13.7. The fourth-order valence-electron chi connectivity index (χ4n) is 2.85. The van der Waals surface area contributed by atoms with Gasteiger partial charge in [0.2, 0.25) is 0 Å². The van der Waals surface area contributed by atoms with Gasteiger partial charge in [-0.05, 0) is 37.3 Å². The molecule has 2 rings (SSSR count). The van der Waals surface area contributed by atoms with E-state index in [1.807, 2.05) is 18.2 Å². The first-order valence-corrected chi connectivity index (χ1v) is 7.52. The third-order valence-corrected chi connectivity index (χ3v) is 4.57. The van der Waals surface area contributed by atoms with Gasteiger partial charge in [-0.2, -0.15) is 0 Å². The molecule has 1 aromatic rings. The van der Waals surface area contributed by atoms with Crippen LogP contribution >= 0.6 is 15.9 Å². The summed E-state index contributed by atoms with van der Waals surface area (Å²) in [6.45, 7) is 0. The predicted octanol–water partition coefficient (Wildman–Crippen LogP) is 4.52. The zero-order valence-electron chi connectivity index (χ0n) is 11.1. The number of hydrogen-bond acceptors (Lipinski definition) is 2. The maximum Gasteiger partial charge on any atom is 0.126 e. The molecule has 18 heavy (non-hydrogen) atoms. The highest BCUT2D eigenvalue weighted by molar-refractivity contribution is 9.09. The molecule has 3 heteroatoms. The minimum atomic E-state index is 0.531. The molecule has 0 amide bonds. The highest BCUT2D eigenvalue weighted by atomic mass is 79.9. The van der Waals surface area contributed by atoms with Crippen LogP contribution in [0.15, 0.2) is 18.2 Å². The third-order valence-electron chi connectivity index (χ3n) is 3.73. The molecule has 0 radical (unpaired) electrons. The molecule has 1 aliphatic carbocycles. The Kier molecular flexibility index (Phi) is 4.93. The molecule has 0 spiro atoms. The molecule has 0 aliphatic heterocycles. The SMILES string of the molecule is COc1cccc(OC)c1C1CCCCC(Br)C1. The Morgan fingerprint density at radius 1 is 1.06 bits per heavy atom. The van der Waals surface area contributed by atoms with Crippen LogP contribution in [0.3, 0.4) is 0 Å². The van der Waals surface area contributed by atoms with Crippen LogP contribution in [-0.2, 0) is 0 Å². The van der Waals surface area contributed by atoms with Crippen LogP contribution in [0.1, 0.15) is 43.6 Å². The molecule has 100 valence electrons. The zero-order valence-corrected chi connectivity index (χ0v) is 12.7. The van der Waals surface area contributed by atoms with Gasteiger partial charge in [-0.3, -0.25) is 0 Å². The number of hydrogen-bond donors (Lipinski definition) is 0. The first-order chi connectivity index (χ1) is 8.76. The van der Waals surface area contributed by atoms with Crippen LogP contribution in [0.2, 0.25) is 0 Å². The fourth-order valence-corrected chi connectivity index (χ4v) is 3.62. The van der Waals surface area contributed by atoms with Crippen molar-refractivity contribution in [3.8, 4) is 11.5 Å². The second-order valence-electron chi connectivity index (χ2n) is 4.89. The molecule has 0 heterocycles. The van der Waals surface area contributed by atoms with E-state index in [4.69, 9.17) is 9.47 Å². The van der Waals surface area contributed by atoms with Gasteiger partial charge in [0, 0.05) is 10.4 Å². The number of alkyl halides is 1. The van der Waals surface area contributed by atoms with E-state index in [9.17, 15) is 0 Å². The monoisotopic (exact) mass is 312 g/mol. The average Bonchev–Trinajstić information content (AvgIpc) is 2.62. The van der Waals surface area contributed by atoms with Crippen LogP contribution < -0.4 is 9.47 Å². The van der Waals surface area contributed by atoms with E-state index in [1.165, 1.54) is 31.2 Å². The number of halogens is 1. The van der Waals surface area contributed by atoms with E-state index in [-0.39, 0.29) is 0 Å². The Balaban J connectivity index is 2.34. The van der Waals surface area contributed by atoms with Gasteiger partial charge in [-0.15, -0.1) is 0 Å². The second kappa shape index (κ2) is 6.46. The molecule has 0 bridgehead atoms. The minimum absolute atomic E-state index is 0.531. The van der Waals surface area contributed by atoms with E-state index in [0.29, 0.717) is 10.7 Å². The third kappa shape index (κ3) is 3.00.